The third-order valence-electron chi connectivity index (χ3n) is 3.26. The average Bonchev–Trinajstić information content (AvgIpc) is 2.37. The number of benzene rings is 1. The van der Waals surface area contributed by atoms with E-state index in [1.165, 1.54) is 12.1 Å². The van der Waals surface area contributed by atoms with Crippen molar-refractivity contribution in [2.24, 2.45) is 5.73 Å². The van der Waals surface area contributed by atoms with E-state index in [0.29, 0.717) is 23.7 Å². The molecule has 108 valence electrons. The number of carbonyl (C=O) groups excluding carboxylic acids is 2. The van der Waals surface area contributed by atoms with Gasteiger partial charge in [0.15, 0.2) is 0 Å². The Morgan fingerprint density at radius 1 is 1.55 bits per heavy atom. The van der Waals surface area contributed by atoms with E-state index in [-0.39, 0.29) is 18.9 Å². The van der Waals surface area contributed by atoms with E-state index in [4.69, 9.17) is 17.3 Å². The molecule has 3 N–H and O–H groups in total. The van der Waals surface area contributed by atoms with Crippen LogP contribution in [-0.4, -0.2) is 35.8 Å². The first kappa shape index (κ1) is 14.7. The number of carbonyl (C=O) groups is 2. The van der Waals surface area contributed by atoms with Crippen molar-refractivity contribution >= 4 is 23.4 Å². The fourth-order valence-electron chi connectivity index (χ4n) is 2.25. The number of halogens is 2. The van der Waals surface area contributed by atoms with Gasteiger partial charge in [0, 0.05) is 30.2 Å². The highest BCUT2D eigenvalue weighted by Gasteiger charge is 2.31. The van der Waals surface area contributed by atoms with Gasteiger partial charge in [-0.2, -0.15) is 0 Å². The van der Waals surface area contributed by atoms with Gasteiger partial charge in [-0.25, -0.2) is 4.39 Å². The van der Waals surface area contributed by atoms with Crippen LogP contribution in [0.3, 0.4) is 0 Å². The fraction of sp³-hybridized carbons (Fsp3) is 0.385. The number of rotatable bonds is 4. The third kappa shape index (κ3) is 3.26. The van der Waals surface area contributed by atoms with Gasteiger partial charge in [-0.15, -0.1) is 0 Å². The molecule has 0 aromatic heterocycles. The highest BCUT2D eigenvalue weighted by molar-refractivity contribution is 6.31. The van der Waals surface area contributed by atoms with Crippen LogP contribution in [0, 0.1) is 5.82 Å². The fourth-order valence-corrected chi connectivity index (χ4v) is 2.47. The standard InChI is InChI=1S/C13H15ClFN3O2/c14-9-2-1-3-10(15)8(9)7-18-5-4-17-13(20)11(18)6-12(16)19/h1-3,11H,4-7H2,(H2,16,19)(H,17,20). The molecule has 0 saturated carbocycles. The number of primary amides is 1. The van der Waals surface area contributed by atoms with Crippen LogP contribution < -0.4 is 11.1 Å². The Kier molecular flexibility index (Phi) is 4.57. The lowest BCUT2D eigenvalue weighted by Gasteiger charge is -2.34. The van der Waals surface area contributed by atoms with Crippen molar-refractivity contribution in [3.05, 3.63) is 34.6 Å². The van der Waals surface area contributed by atoms with Crippen molar-refractivity contribution in [2.75, 3.05) is 13.1 Å². The first-order chi connectivity index (χ1) is 9.49. The predicted molar refractivity (Wildman–Crippen MR) is 72.4 cm³/mol. The number of hydrogen-bond acceptors (Lipinski definition) is 3. The summed E-state index contributed by atoms with van der Waals surface area (Å²) in [5.41, 5.74) is 5.47. The Labute approximate surface area is 120 Å². The lowest BCUT2D eigenvalue weighted by atomic mass is 10.1. The molecule has 0 aliphatic carbocycles. The molecule has 0 radical (unpaired) electrons. The van der Waals surface area contributed by atoms with Gasteiger partial charge in [0.05, 0.1) is 12.5 Å². The van der Waals surface area contributed by atoms with Crippen LogP contribution in [0.15, 0.2) is 18.2 Å². The molecule has 2 amide bonds. The molecule has 0 spiro atoms. The van der Waals surface area contributed by atoms with Gasteiger partial charge in [-0.1, -0.05) is 17.7 Å². The molecule has 1 unspecified atom stereocenters. The predicted octanol–water partition coefficient (Wildman–Crippen LogP) is 0.655. The summed E-state index contributed by atoms with van der Waals surface area (Å²) in [6, 6.07) is 3.74. The minimum absolute atomic E-state index is 0.0993. The summed E-state index contributed by atoms with van der Waals surface area (Å²) < 4.78 is 13.8. The highest BCUT2D eigenvalue weighted by Crippen LogP contribution is 2.22. The van der Waals surface area contributed by atoms with Gasteiger partial charge in [0.1, 0.15) is 5.82 Å². The molecule has 7 heteroatoms. The molecule has 20 heavy (non-hydrogen) atoms. The second kappa shape index (κ2) is 6.19. The van der Waals surface area contributed by atoms with E-state index >= 15 is 0 Å². The first-order valence-electron chi connectivity index (χ1n) is 6.22. The largest absolute Gasteiger partial charge is 0.370 e. The van der Waals surface area contributed by atoms with Crippen molar-refractivity contribution in [1.82, 2.24) is 10.2 Å². The van der Waals surface area contributed by atoms with Crippen LogP contribution in [0.25, 0.3) is 0 Å². The molecule has 1 fully saturated rings. The Morgan fingerprint density at radius 2 is 2.30 bits per heavy atom. The summed E-state index contributed by atoms with van der Waals surface area (Å²) in [4.78, 5) is 24.6. The van der Waals surface area contributed by atoms with Crippen LogP contribution in [0.4, 0.5) is 4.39 Å². The average molecular weight is 300 g/mol. The molecule has 1 saturated heterocycles. The monoisotopic (exact) mass is 299 g/mol. The van der Waals surface area contributed by atoms with Crippen LogP contribution >= 0.6 is 11.6 Å². The Bertz CT molecular complexity index is 518. The van der Waals surface area contributed by atoms with E-state index in [1.807, 2.05) is 0 Å². The van der Waals surface area contributed by atoms with Crippen molar-refractivity contribution in [3.8, 4) is 0 Å². The highest BCUT2D eigenvalue weighted by atomic mass is 35.5. The van der Waals surface area contributed by atoms with E-state index in [1.54, 1.807) is 11.0 Å². The number of nitrogens with two attached hydrogens (primary N) is 1. The normalized spacial score (nSPS) is 19.7. The quantitative estimate of drug-likeness (QED) is 0.857. The number of nitrogens with zero attached hydrogens (tertiary/aromatic N) is 1. The van der Waals surface area contributed by atoms with E-state index in [2.05, 4.69) is 5.32 Å². The second-order valence-electron chi connectivity index (χ2n) is 4.65. The van der Waals surface area contributed by atoms with E-state index < -0.39 is 17.8 Å². The van der Waals surface area contributed by atoms with E-state index in [9.17, 15) is 14.0 Å². The van der Waals surface area contributed by atoms with Crippen LogP contribution in [-0.2, 0) is 16.1 Å². The maximum absolute atomic E-state index is 13.8. The molecule has 1 heterocycles. The molecule has 0 bridgehead atoms. The molecule has 1 aliphatic heterocycles. The Balaban J connectivity index is 2.21. The zero-order chi connectivity index (χ0) is 14.7. The van der Waals surface area contributed by atoms with Crippen LogP contribution in [0.5, 0.6) is 0 Å². The number of hydrogen-bond donors (Lipinski definition) is 2. The van der Waals surface area contributed by atoms with Gasteiger partial charge in [0.25, 0.3) is 0 Å². The molecule has 1 aliphatic rings. The van der Waals surface area contributed by atoms with Crippen molar-refractivity contribution in [2.45, 2.75) is 19.0 Å². The van der Waals surface area contributed by atoms with Crippen molar-refractivity contribution in [1.29, 1.82) is 0 Å². The minimum atomic E-state index is -0.683. The smallest absolute Gasteiger partial charge is 0.237 e. The first-order valence-corrected chi connectivity index (χ1v) is 6.60. The summed E-state index contributed by atoms with van der Waals surface area (Å²) in [7, 11) is 0. The maximum atomic E-state index is 13.8. The van der Waals surface area contributed by atoms with E-state index in [0.717, 1.165) is 0 Å². The van der Waals surface area contributed by atoms with Gasteiger partial charge in [0.2, 0.25) is 11.8 Å². The molecular formula is C13H15ClFN3O2. The summed E-state index contributed by atoms with van der Waals surface area (Å²) >= 11 is 5.98. The molecule has 1 atom stereocenters. The molecule has 1 aromatic carbocycles. The van der Waals surface area contributed by atoms with Crippen molar-refractivity contribution in [3.63, 3.8) is 0 Å². The van der Waals surface area contributed by atoms with Crippen LogP contribution in [0.1, 0.15) is 12.0 Å². The third-order valence-corrected chi connectivity index (χ3v) is 3.61. The van der Waals surface area contributed by atoms with Gasteiger partial charge >= 0.3 is 0 Å². The lowest BCUT2D eigenvalue weighted by molar-refractivity contribution is -0.133. The van der Waals surface area contributed by atoms with Gasteiger partial charge in [-0.3, -0.25) is 14.5 Å². The topological polar surface area (TPSA) is 75.4 Å². The number of piperazine rings is 1. The molecular weight excluding hydrogens is 285 g/mol. The maximum Gasteiger partial charge on any atom is 0.237 e. The second-order valence-corrected chi connectivity index (χ2v) is 5.06. The minimum Gasteiger partial charge on any atom is -0.370 e. The lowest BCUT2D eigenvalue weighted by Crippen LogP contribution is -2.55. The zero-order valence-electron chi connectivity index (χ0n) is 10.7. The summed E-state index contributed by atoms with van der Waals surface area (Å²) in [6.45, 7) is 1.12. The number of nitrogens with one attached hydrogen (secondary N) is 1. The molecule has 1 aromatic rings. The Hall–Kier alpha value is -1.66. The summed E-state index contributed by atoms with van der Waals surface area (Å²) in [6.07, 6.45) is -0.0993. The number of amides is 2. The Morgan fingerprint density at radius 3 is 2.95 bits per heavy atom. The molecule has 5 nitrogen and oxygen atoms in total. The van der Waals surface area contributed by atoms with Crippen molar-refractivity contribution < 1.29 is 14.0 Å². The van der Waals surface area contributed by atoms with Crippen LogP contribution in [0.2, 0.25) is 5.02 Å². The van der Waals surface area contributed by atoms with Gasteiger partial charge in [-0.05, 0) is 12.1 Å². The summed E-state index contributed by atoms with van der Waals surface area (Å²) in [5.74, 6) is -1.28. The SMILES string of the molecule is NC(=O)CC1C(=O)NCCN1Cc1c(F)cccc1Cl. The summed E-state index contributed by atoms with van der Waals surface area (Å²) in [5, 5.41) is 2.97. The van der Waals surface area contributed by atoms with Gasteiger partial charge < -0.3 is 11.1 Å². The zero-order valence-corrected chi connectivity index (χ0v) is 11.5. The molecule has 2 rings (SSSR count).